The van der Waals surface area contributed by atoms with Crippen molar-refractivity contribution in [1.82, 2.24) is 14.9 Å². The monoisotopic (exact) mass is 521 g/mol. The van der Waals surface area contributed by atoms with Crippen LogP contribution in [0.1, 0.15) is 31.4 Å². The van der Waals surface area contributed by atoms with Gasteiger partial charge in [-0.15, -0.1) is 0 Å². The van der Waals surface area contributed by atoms with E-state index in [2.05, 4.69) is 38.1 Å². The average molecular weight is 522 g/mol. The SMILES string of the molecule is C[C@]1(N2CCN(c3cc4cc(NC(=O)[C@@H]5CC[C@@H]5c5ccccn5)ncc4cc3Cl)CC2)COC[C@H]1O. The molecule has 2 aliphatic heterocycles. The maximum atomic E-state index is 13.0. The first-order valence-electron chi connectivity index (χ1n) is 13.0. The van der Waals surface area contributed by atoms with Gasteiger partial charge in [0.2, 0.25) is 5.91 Å². The number of hydrogen-bond donors (Lipinski definition) is 2. The molecule has 1 amide bonds. The zero-order valence-corrected chi connectivity index (χ0v) is 21.7. The first kappa shape index (κ1) is 24.6. The standard InChI is InChI=1S/C28H32ClN5O3/c1-28(17-37-16-25(28)35)34-10-8-33(9-11-34)24-13-18-14-26(31-15-19(18)12-22(24)29)32-27(36)21-6-5-20(21)23-4-2-3-7-30-23/h2-4,7,12-15,20-21,25,35H,5-6,8-11,16-17H2,1H3,(H,31,32,36)/t20-,21+,25+,28-/m0/s1. The summed E-state index contributed by atoms with van der Waals surface area (Å²) in [6.45, 7) is 6.27. The number of carbonyl (C=O) groups is 1. The molecule has 6 rings (SSSR count). The van der Waals surface area contributed by atoms with Crippen LogP contribution in [0.15, 0.2) is 48.8 Å². The zero-order valence-electron chi connectivity index (χ0n) is 20.9. The van der Waals surface area contributed by atoms with Gasteiger partial charge in [0.1, 0.15) is 5.82 Å². The molecule has 1 saturated carbocycles. The van der Waals surface area contributed by atoms with E-state index in [9.17, 15) is 9.90 Å². The Morgan fingerprint density at radius 3 is 2.65 bits per heavy atom. The first-order valence-corrected chi connectivity index (χ1v) is 13.4. The largest absolute Gasteiger partial charge is 0.389 e. The molecule has 1 aromatic carbocycles. The summed E-state index contributed by atoms with van der Waals surface area (Å²) in [5.41, 5.74) is 1.61. The number of halogens is 1. The van der Waals surface area contributed by atoms with E-state index in [1.165, 1.54) is 0 Å². The number of nitrogens with zero attached hydrogens (tertiary/aromatic N) is 4. The minimum absolute atomic E-state index is 0.00867. The molecule has 9 heteroatoms. The molecule has 8 nitrogen and oxygen atoms in total. The number of hydrogen-bond acceptors (Lipinski definition) is 7. The number of pyridine rings is 2. The molecule has 0 radical (unpaired) electrons. The number of rotatable bonds is 5. The molecule has 2 saturated heterocycles. The second kappa shape index (κ2) is 9.83. The molecule has 0 bridgehead atoms. The molecular formula is C28H32ClN5O3. The Balaban J connectivity index is 1.16. The average Bonchev–Trinajstić information content (AvgIpc) is 3.23. The van der Waals surface area contributed by atoms with Crippen LogP contribution in [0.4, 0.5) is 11.5 Å². The van der Waals surface area contributed by atoms with E-state index in [0.29, 0.717) is 24.1 Å². The summed E-state index contributed by atoms with van der Waals surface area (Å²) in [5.74, 6) is 0.607. The fraction of sp³-hybridized carbons (Fsp3) is 0.464. The van der Waals surface area contributed by atoms with Crippen molar-refractivity contribution in [2.75, 3.05) is 49.6 Å². The van der Waals surface area contributed by atoms with Gasteiger partial charge in [-0.05, 0) is 55.5 Å². The van der Waals surface area contributed by atoms with Crippen LogP contribution in [0.3, 0.4) is 0 Å². The van der Waals surface area contributed by atoms with Crippen LogP contribution in [-0.4, -0.2) is 76.9 Å². The topological polar surface area (TPSA) is 90.8 Å². The zero-order chi connectivity index (χ0) is 25.6. The number of aromatic nitrogens is 2. The molecule has 0 spiro atoms. The van der Waals surface area contributed by atoms with Crippen LogP contribution in [-0.2, 0) is 9.53 Å². The molecule has 37 heavy (non-hydrogen) atoms. The van der Waals surface area contributed by atoms with Crippen molar-refractivity contribution in [2.45, 2.75) is 37.3 Å². The van der Waals surface area contributed by atoms with Gasteiger partial charge in [0, 0.05) is 61.5 Å². The Morgan fingerprint density at radius 1 is 1.14 bits per heavy atom. The number of anilines is 2. The van der Waals surface area contributed by atoms with Gasteiger partial charge < -0.3 is 20.1 Å². The molecule has 3 aliphatic rings. The number of benzene rings is 1. The lowest BCUT2D eigenvalue weighted by Crippen LogP contribution is -2.60. The number of amides is 1. The van der Waals surface area contributed by atoms with Crippen molar-refractivity contribution in [3.8, 4) is 0 Å². The van der Waals surface area contributed by atoms with Crippen molar-refractivity contribution < 1.29 is 14.6 Å². The Bertz CT molecular complexity index is 1300. The van der Waals surface area contributed by atoms with Gasteiger partial charge in [-0.1, -0.05) is 17.7 Å². The first-order chi connectivity index (χ1) is 17.9. The van der Waals surface area contributed by atoms with Gasteiger partial charge in [0.15, 0.2) is 0 Å². The Kier molecular flexibility index (Phi) is 6.52. The molecule has 4 atom stereocenters. The van der Waals surface area contributed by atoms with Crippen molar-refractivity contribution in [1.29, 1.82) is 0 Å². The predicted octanol–water partition coefficient (Wildman–Crippen LogP) is 3.69. The van der Waals surface area contributed by atoms with E-state index >= 15 is 0 Å². The van der Waals surface area contributed by atoms with E-state index < -0.39 is 6.10 Å². The third-order valence-electron chi connectivity index (χ3n) is 8.45. The van der Waals surface area contributed by atoms with E-state index in [1.54, 1.807) is 12.4 Å². The van der Waals surface area contributed by atoms with Crippen LogP contribution in [0.25, 0.3) is 10.8 Å². The molecule has 3 fully saturated rings. The lowest BCUT2D eigenvalue weighted by molar-refractivity contribution is -0.123. The highest BCUT2D eigenvalue weighted by molar-refractivity contribution is 6.34. The molecule has 0 unspecified atom stereocenters. The molecule has 1 aliphatic carbocycles. The third-order valence-corrected chi connectivity index (χ3v) is 8.75. The Hall–Kier alpha value is -2.78. The quantitative estimate of drug-likeness (QED) is 0.529. The third kappa shape index (κ3) is 4.56. The van der Waals surface area contributed by atoms with Crippen molar-refractivity contribution in [3.05, 3.63) is 59.5 Å². The van der Waals surface area contributed by atoms with Crippen molar-refractivity contribution in [3.63, 3.8) is 0 Å². The van der Waals surface area contributed by atoms with E-state index in [0.717, 1.165) is 61.2 Å². The lowest BCUT2D eigenvalue weighted by Gasteiger charge is -2.45. The van der Waals surface area contributed by atoms with Gasteiger partial charge in [0.05, 0.1) is 35.6 Å². The van der Waals surface area contributed by atoms with Crippen LogP contribution >= 0.6 is 11.6 Å². The Labute approximate surface area is 221 Å². The smallest absolute Gasteiger partial charge is 0.229 e. The van der Waals surface area contributed by atoms with Gasteiger partial charge in [-0.3, -0.25) is 14.7 Å². The molecular weight excluding hydrogens is 490 g/mol. The number of aliphatic hydroxyl groups is 1. The van der Waals surface area contributed by atoms with Crippen LogP contribution < -0.4 is 10.2 Å². The highest BCUT2D eigenvalue weighted by Gasteiger charge is 2.44. The van der Waals surface area contributed by atoms with Crippen LogP contribution in [0.2, 0.25) is 5.02 Å². The molecule has 2 N–H and O–H groups in total. The maximum absolute atomic E-state index is 13.0. The van der Waals surface area contributed by atoms with Crippen molar-refractivity contribution >= 4 is 39.8 Å². The Morgan fingerprint density at radius 2 is 1.97 bits per heavy atom. The van der Waals surface area contributed by atoms with E-state index in [1.807, 2.05) is 30.3 Å². The fourth-order valence-corrected chi connectivity index (χ4v) is 6.15. The van der Waals surface area contributed by atoms with Crippen LogP contribution in [0, 0.1) is 5.92 Å². The summed E-state index contributed by atoms with van der Waals surface area (Å²) < 4.78 is 5.53. The summed E-state index contributed by atoms with van der Waals surface area (Å²) in [4.78, 5) is 26.6. The highest BCUT2D eigenvalue weighted by Crippen LogP contribution is 2.42. The number of fused-ring (bicyclic) bond motifs is 1. The summed E-state index contributed by atoms with van der Waals surface area (Å²) in [7, 11) is 0. The lowest BCUT2D eigenvalue weighted by atomic mass is 9.71. The normalized spacial score (nSPS) is 28.3. The maximum Gasteiger partial charge on any atom is 0.229 e. The summed E-state index contributed by atoms with van der Waals surface area (Å²) in [6.07, 6.45) is 4.90. The second-order valence-electron chi connectivity index (χ2n) is 10.6. The highest BCUT2D eigenvalue weighted by atomic mass is 35.5. The minimum atomic E-state index is -0.469. The number of aliphatic hydroxyl groups excluding tert-OH is 1. The summed E-state index contributed by atoms with van der Waals surface area (Å²) in [5, 5.41) is 16.0. The number of carbonyl (C=O) groups excluding carboxylic acids is 1. The number of piperazine rings is 1. The molecule has 2 aromatic heterocycles. The van der Waals surface area contributed by atoms with E-state index in [4.69, 9.17) is 16.3 Å². The van der Waals surface area contributed by atoms with Crippen molar-refractivity contribution in [2.24, 2.45) is 5.92 Å². The minimum Gasteiger partial charge on any atom is -0.389 e. The van der Waals surface area contributed by atoms with Gasteiger partial charge >= 0.3 is 0 Å². The van der Waals surface area contributed by atoms with Gasteiger partial charge in [-0.25, -0.2) is 4.98 Å². The molecule has 3 aromatic rings. The van der Waals surface area contributed by atoms with E-state index in [-0.39, 0.29) is 23.3 Å². The molecule has 4 heterocycles. The number of ether oxygens (including phenoxy) is 1. The van der Waals surface area contributed by atoms with Crippen LogP contribution in [0.5, 0.6) is 0 Å². The molecule has 194 valence electrons. The van der Waals surface area contributed by atoms with Gasteiger partial charge in [0.25, 0.3) is 0 Å². The predicted molar refractivity (Wildman–Crippen MR) is 144 cm³/mol. The fourth-order valence-electron chi connectivity index (χ4n) is 5.86. The van der Waals surface area contributed by atoms with Gasteiger partial charge in [-0.2, -0.15) is 0 Å². The second-order valence-corrected chi connectivity index (χ2v) is 11.0. The summed E-state index contributed by atoms with van der Waals surface area (Å²) >= 11 is 6.70. The summed E-state index contributed by atoms with van der Waals surface area (Å²) in [6, 6.07) is 11.8. The number of nitrogens with one attached hydrogen (secondary N) is 1.